The number of aliphatic hydroxyl groups excluding tert-OH is 1. The molecule has 154 valence electrons. The smallest absolute Gasteiger partial charge is 0.325 e. The van der Waals surface area contributed by atoms with Crippen molar-refractivity contribution >= 4 is 23.5 Å². The van der Waals surface area contributed by atoms with Gasteiger partial charge in [0, 0.05) is 5.02 Å². The molecule has 3 amide bonds. The molecule has 29 heavy (non-hydrogen) atoms. The third kappa shape index (κ3) is 4.70. The SMILES string of the molecule is COc1cccc([C@]2(C)NC(=O)N(C[C@H](O)COCc3ccc(Cl)cc3)C2=O)c1. The second-order valence-electron chi connectivity index (χ2n) is 7.00. The van der Waals surface area contributed by atoms with Crippen LogP contribution >= 0.6 is 11.6 Å². The molecule has 0 bridgehead atoms. The monoisotopic (exact) mass is 418 g/mol. The van der Waals surface area contributed by atoms with Crippen LogP contribution in [-0.2, 0) is 21.7 Å². The summed E-state index contributed by atoms with van der Waals surface area (Å²) < 4.78 is 10.7. The number of carbonyl (C=O) groups is 2. The molecule has 2 N–H and O–H groups in total. The van der Waals surface area contributed by atoms with Crippen molar-refractivity contribution in [1.82, 2.24) is 10.2 Å². The highest BCUT2D eigenvalue weighted by atomic mass is 35.5. The van der Waals surface area contributed by atoms with Crippen molar-refractivity contribution in [3.05, 3.63) is 64.7 Å². The molecule has 2 aromatic rings. The first-order chi connectivity index (χ1) is 13.8. The highest BCUT2D eigenvalue weighted by Crippen LogP contribution is 2.31. The molecular weight excluding hydrogens is 396 g/mol. The summed E-state index contributed by atoms with van der Waals surface area (Å²) in [5.74, 6) is 0.146. The van der Waals surface area contributed by atoms with E-state index in [2.05, 4.69) is 5.32 Å². The van der Waals surface area contributed by atoms with Gasteiger partial charge in [-0.25, -0.2) is 4.79 Å². The normalized spacial score (nSPS) is 19.9. The number of carbonyl (C=O) groups excluding carboxylic acids is 2. The van der Waals surface area contributed by atoms with Gasteiger partial charge in [0.05, 0.1) is 33.0 Å². The zero-order chi connectivity index (χ0) is 21.0. The molecule has 1 aliphatic heterocycles. The number of amides is 3. The lowest BCUT2D eigenvalue weighted by Gasteiger charge is -2.23. The van der Waals surface area contributed by atoms with Crippen molar-refractivity contribution in [2.24, 2.45) is 0 Å². The van der Waals surface area contributed by atoms with Crippen LogP contribution in [-0.4, -0.2) is 48.3 Å². The molecule has 1 aliphatic rings. The number of imide groups is 1. The van der Waals surface area contributed by atoms with Crippen LogP contribution in [0.1, 0.15) is 18.1 Å². The first-order valence-electron chi connectivity index (χ1n) is 9.12. The highest BCUT2D eigenvalue weighted by molar-refractivity contribution is 6.30. The van der Waals surface area contributed by atoms with Crippen LogP contribution in [0.15, 0.2) is 48.5 Å². The van der Waals surface area contributed by atoms with Gasteiger partial charge in [0.2, 0.25) is 0 Å². The van der Waals surface area contributed by atoms with Crippen LogP contribution < -0.4 is 10.1 Å². The summed E-state index contributed by atoms with van der Waals surface area (Å²) in [6.07, 6.45) is -1.01. The average Bonchev–Trinajstić information content (AvgIpc) is 2.93. The predicted octanol–water partition coefficient (Wildman–Crippen LogP) is 2.69. The number of β-amino-alcohol motifs (C(OH)–C–C–N with tert-alkyl or cyclic N) is 1. The van der Waals surface area contributed by atoms with Gasteiger partial charge in [0.25, 0.3) is 5.91 Å². The summed E-state index contributed by atoms with van der Waals surface area (Å²) in [5, 5.41) is 13.6. The number of aliphatic hydroxyl groups is 1. The Balaban J connectivity index is 1.59. The molecule has 1 fully saturated rings. The maximum Gasteiger partial charge on any atom is 0.325 e. The van der Waals surface area contributed by atoms with E-state index in [0.29, 0.717) is 16.3 Å². The minimum absolute atomic E-state index is 0.0183. The molecule has 0 unspecified atom stereocenters. The van der Waals surface area contributed by atoms with Gasteiger partial charge in [-0.1, -0.05) is 35.9 Å². The number of hydrogen-bond acceptors (Lipinski definition) is 5. The summed E-state index contributed by atoms with van der Waals surface area (Å²) in [5.41, 5.74) is 0.281. The van der Waals surface area contributed by atoms with Gasteiger partial charge in [0.15, 0.2) is 0 Å². The van der Waals surface area contributed by atoms with E-state index < -0.39 is 23.6 Å². The van der Waals surface area contributed by atoms with Crippen molar-refractivity contribution in [2.45, 2.75) is 25.2 Å². The van der Waals surface area contributed by atoms with E-state index in [1.165, 1.54) is 7.11 Å². The molecule has 3 rings (SSSR count). The largest absolute Gasteiger partial charge is 0.497 e. The van der Waals surface area contributed by atoms with Gasteiger partial charge < -0.3 is 19.9 Å². The van der Waals surface area contributed by atoms with E-state index in [1.54, 1.807) is 43.3 Å². The molecular formula is C21H23ClN2O5. The number of halogens is 1. The number of nitrogens with one attached hydrogen (secondary N) is 1. The summed E-state index contributed by atoms with van der Waals surface area (Å²) in [6.45, 7) is 1.74. The molecule has 0 spiro atoms. The van der Waals surface area contributed by atoms with Crippen LogP contribution in [0.25, 0.3) is 0 Å². The van der Waals surface area contributed by atoms with Crippen molar-refractivity contribution in [3.63, 3.8) is 0 Å². The minimum Gasteiger partial charge on any atom is -0.497 e. The van der Waals surface area contributed by atoms with Crippen molar-refractivity contribution < 1.29 is 24.2 Å². The third-order valence-corrected chi connectivity index (χ3v) is 5.06. The Morgan fingerprint density at radius 2 is 1.93 bits per heavy atom. The van der Waals surface area contributed by atoms with E-state index in [0.717, 1.165) is 10.5 Å². The minimum atomic E-state index is -1.23. The summed E-state index contributed by atoms with van der Waals surface area (Å²) in [7, 11) is 1.53. The molecule has 7 nitrogen and oxygen atoms in total. The lowest BCUT2D eigenvalue weighted by Crippen LogP contribution is -2.42. The van der Waals surface area contributed by atoms with Crippen LogP contribution in [0.3, 0.4) is 0 Å². The Kier molecular flexibility index (Phi) is 6.42. The number of hydrogen-bond donors (Lipinski definition) is 2. The number of rotatable bonds is 8. The standard InChI is InChI=1S/C21H23ClN2O5/c1-21(15-4-3-5-18(10-15)28-2)19(26)24(20(27)23-21)11-17(25)13-29-12-14-6-8-16(22)9-7-14/h3-10,17,25H,11-13H2,1-2H3,(H,23,27)/t17-,21-/m0/s1. The van der Waals surface area contributed by atoms with Gasteiger partial charge >= 0.3 is 6.03 Å². The fourth-order valence-electron chi connectivity index (χ4n) is 3.15. The molecule has 1 heterocycles. The van der Waals surface area contributed by atoms with Crippen LogP contribution in [0.4, 0.5) is 4.79 Å². The Morgan fingerprint density at radius 3 is 2.62 bits per heavy atom. The van der Waals surface area contributed by atoms with Crippen LogP contribution in [0.5, 0.6) is 5.75 Å². The number of nitrogens with zero attached hydrogens (tertiary/aromatic N) is 1. The topological polar surface area (TPSA) is 88.1 Å². The van der Waals surface area contributed by atoms with Gasteiger partial charge in [-0.2, -0.15) is 0 Å². The third-order valence-electron chi connectivity index (χ3n) is 4.81. The Hall–Kier alpha value is -2.61. The fraction of sp³-hybridized carbons (Fsp3) is 0.333. The van der Waals surface area contributed by atoms with E-state index in [9.17, 15) is 14.7 Å². The van der Waals surface area contributed by atoms with E-state index >= 15 is 0 Å². The lowest BCUT2D eigenvalue weighted by molar-refractivity contribution is -0.132. The molecule has 0 aliphatic carbocycles. The maximum absolute atomic E-state index is 12.9. The predicted molar refractivity (Wildman–Crippen MR) is 108 cm³/mol. The number of ether oxygens (including phenoxy) is 2. The number of benzene rings is 2. The van der Waals surface area contributed by atoms with Gasteiger partial charge in [-0.3, -0.25) is 9.69 Å². The molecule has 8 heteroatoms. The van der Waals surface area contributed by atoms with Gasteiger partial charge in [0.1, 0.15) is 11.3 Å². The van der Waals surface area contributed by atoms with Crippen molar-refractivity contribution in [2.75, 3.05) is 20.3 Å². The molecule has 0 saturated carbocycles. The molecule has 2 atom stereocenters. The first kappa shape index (κ1) is 21.1. The van der Waals surface area contributed by atoms with Gasteiger partial charge in [-0.15, -0.1) is 0 Å². The second kappa shape index (κ2) is 8.82. The lowest BCUT2D eigenvalue weighted by atomic mass is 9.92. The zero-order valence-electron chi connectivity index (χ0n) is 16.2. The zero-order valence-corrected chi connectivity index (χ0v) is 17.0. The van der Waals surface area contributed by atoms with E-state index in [-0.39, 0.29) is 19.8 Å². The van der Waals surface area contributed by atoms with Crippen LogP contribution in [0.2, 0.25) is 5.02 Å². The first-order valence-corrected chi connectivity index (χ1v) is 9.50. The summed E-state index contributed by atoms with van der Waals surface area (Å²) in [6, 6.07) is 13.6. The molecule has 1 saturated heterocycles. The molecule has 0 aromatic heterocycles. The number of methoxy groups -OCH3 is 1. The Bertz CT molecular complexity index is 889. The molecule has 2 aromatic carbocycles. The number of urea groups is 1. The van der Waals surface area contributed by atoms with Crippen molar-refractivity contribution in [3.8, 4) is 5.75 Å². The average molecular weight is 419 g/mol. The second-order valence-corrected chi connectivity index (χ2v) is 7.43. The maximum atomic E-state index is 12.9. The van der Waals surface area contributed by atoms with Gasteiger partial charge in [-0.05, 0) is 42.3 Å². The van der Waals surface area contributed by atoms with E-state index in [1.807, 2.05) is 12.1 Å². The van der Waals surface area contributed by atoms with Crippen molar-refractivity contribution in [1.29, 1.82) is 0 Å². The quantitative estimate of drug-likeness (QED) is 0.643. The molecule has 0 radical (unpaired) electrons. The van der Waals surface area contributed by atoms with E-state index in [4.69, 9.17) is 21.1 Å². The summed E-state index contributed by atoms with van der Waals surface area (Å²) in [4.78, 5) is 26.3. The Labute approximate surface area is 174 Å². The Morgan fingerprint density at radius 1 is 1.21 bits per heavy atom. The van der Waals surface area contributed by atoms with Crippen LogP contribution in [0, 0.1) is 0 Å². The summed E-state index contributed by atoms with van der Waals surface area (Å²) >= 11 is 5.84. The fourth-order valence-corrected chi connectivity index (χ4v) is 3.28. The highest BCUT2D eigenvalue weighted by Gasteiger charge is 2.49.